The van der Waals surface area contributed by atoms with Crippen molar-refractivity contribution in [3.8, 4) is 11.5 Å². The lowest BCUT2D eigenvalue weighted by Crippen LogP contribution is -2.52. The van der Waals surface area contributed by atoms with Crippen molar-refractivity contribution < 1.29 is 18.3 Å². The van der Waals surface area contributed by atoms with E-state index in [0.717, 1.165) is 32.0 Å². The predicted octanol–water partition coefficient (Wildman–Crippen LogP) is 2.59. The third kappa shape index (κ3) is 5.46. The zero-order chi connectivity index (χ0) is 20.6. The van der Waals surface area contributed by atoms with E-state index in [-0.39, 0.29) is 5.75 Å². The molecule has 2 aromatic rings. The number of anilines is 1. The molecule has 0 bridgehead atoms. The molecular formula is C20H25F2N5O2. The first-order valence-electron chi connectivity index (χ1n) is 9.34. The third-order valence-corrected chi connectivity index (χ3v) is 4.69. The number of guanidine groups is 1. The van der Waals surface area contributed by atoms with E-state index in [1.54, 1.807) is 25.4 Å². The standard InChI is InChI=1S/C20H25F2N5O2/c1-23-20(27-11-9-26(10-12-27)18-5-3-4-8-24-18)25-14-15-6-7-16(28-2)13-17(15)29-19(21)22/h3-8,13,19H,9-12,14H2,1-2H3,(H,23,25). The van der Waals surface area contributed by atoms with Crippen LogP contribution in [-0.4, -0.2) is 62.8 Å². The molecule has 0 saturated carbocycles. The van der Waals surface area contributed by atoms with Gasteiger partial charge in [-0.25, -0.2) is 4.98 Å². The third-order valence-electron chi connectivity index (χ3n) is 4.69. The van der Waals surface area contributed by atoms with Crippen molar-refractivity contribution >= 4 is 11.8 Å². The van der Waals surface area contributed by atoms with Gasteiger partial charge >= 0.3 is 6.61 Å². The van der Waals surface area contributed by atoms with Crippen LogP contribution in [0.25, 0.3) is 0 Å². The first kappa shape index (κ1) is 20.6. The van der Waals surface area contributed by atoms with Crippen molar-refractivity contribution in [3.63, 3.8) is 0 Å². The van der Waals surface area contributed by atoms with Gasteiger partial charge in [-0.05, 0) is 24.3 Å². The van der Waals surface area contributed by atoms with E-state index in [0.29, 0.717) is 23.8 Å². The largest absolute Gasteiger partial charge is 0.497 e. The van der Waals surface area contributed by atoms with Gasteiger partial charge in [0, 0.05) is 57.6 Å². The van der Waals surface area contributed by atoms with Crippen molar-refractivity contribution in [2.75, 3.05) is 45.2 Å². The number of aliphatic imine (C=N–C) groups is 1. The first-order valence-corrected chi connectivity index (χ1v) is 9.34. The molecule has 1 aromatic carbocycles. The maximum Gasteiger partial charge on any atom is 0.387 e. The molecular weight excluding hydrogens is 380 g/mol. The van der Waals surface area contributed by atoms with Crippen LogP contribution in [0.5, 0.6) is 11.5 Å². The number of methoxy groups -OCH3 is 1. The van der Waals surface area contributed by atoms with Gasteiger partial charge in [-0.2, -0.15) is 8.78 Å². The summed E-state index contributed by atoms with van der Waals surface area (Å²) in [5, 5.41) is 3.24. The van der Waals surface area contributed by atoms with E-state index >= 15 is 0 Å². The number of nitrogens with zero attached hydrogens (tertiary/aromatic N) is 4. The van der Waals surface area contributed by atoms with E-state index < -0.39 is 6.61 Å². The lowest BCUT2D eigenvalue weighted by molar-refractivity contribution is -0.0505. The van der Waals surface area contributed by atoms with E-state index in [9.17, 15) is 8.78 Å². The summed E-state index contributed by atoms with van der Waals surface area (Å²) in [5.74, 6) is 2.22. The molecule has 3 rings (SSSR count). The van der Waals surface area contributed by atoms with Crippen LogP contribution in [0.3, 0.4) is 0 Å². The van der Waals surface area contributed by atoms with Gasteiger partial charge in [-0.15, -0.1) is 0 Å². The maximum absolute atomic E-state index is 12.7. The molecule has 0 radical (unpaired) electrons. The van der Waals surface area contributed by atoms with Crippen LogP contribution in [-0.2, 0) is 6.54 Å². The van der Waals surface area contributed by atoms with Gasteiger partial charge in [0.1, 0.15) is 17.3 Å². The first-order chi connectivity index (χ1) is 14.1. The zero-order valence-corrected chi connectivity index (χ0v) is 16.5. The molecule has 0 spiro atoms. The van der Waals surface area contributed by atoms with E-state index in [1.807, 2.05) is 18.2 Å². The van der Waals surface area contributed by atoms with E-state index in [1.165, 1.54) is 13.2 Å². The van der Waals surface area contributed by atoms with Crippen molar-refractivity contribution in [1.29, 1.82) is 0 Å². The quantitative estimate of drug-likeness (QED) is 0.589. The number of halogens is 2. The molecule has 0 atom stereocenters. The number of hydrogen-bond donors (Lipinski definition) is 1. The number of benzene rings is 1. The van der Waals surface area contributed by atoms with Gasteiger partial charge in [0.25, 0.3) is 0 Å². The predicted molar refractivity (Wildman–Crippen MR) is 108 cm³/mol. The van der Waals surface area contributed by atoms with Crippen LogP contribution < -0.4 is 19.7 Å². The minimum absolute atomic E-state index is 0.0854. The van der Waals surface area contributed by atoms with Gasteiger partial charge in [-0.1, -0.05) is 6.07 Å². The number of pyridine rings is 1. The molecule has 2 heterocycles. The normalized spacial score (nSPS) is 14.9. The molecule has 0 unspecified atom stereocenters. The second kappa shape index (κ2) is 9.90. The molecule has 0 aliphatic carbocycles. The molecule has 9 heteroatoms. The fourth-order valence-corrected chi connectivity index (χ4v) is 3.21. The molecule has 7 nitrogen and oxygen atoms in total. The summed E-state index contributed by atoms with van der Waals surface area (Å²) in [4.78, 5) is 13.1. The lowest BCUT2D eigenvalue weighted by atomic mass is 10.2. The number of piperazine rings is 1. The SMILES string of the molecule is CN=C(NCc1ccc(OC)cc1OC(F)F)N1CCN(c2ccccn2)CC1. The minimum Gasteiger partial charge on any atom is -0.497 e. The lowest BCUT2D eigenvalue weighted by Gasteiger charge is -2.37. The Hall–Kier alpha value is -3.10. The average Bonchev–Trinajstić information content (AvgIpc) is 2.75. The Labute approximate surface area is 169 Å². The highest BCUT2D eigenvalue weighted by Gasteiger charge is 2.21. The highest BCUT2D eigenvalue weighted by Crippen LogP contribution is 2.26. The number of ether oxygens (including phenoxy) is 2. The zero-order valence-electron chi connectivity index (χ0n) is 16.5. The van der Waals surface area contributed by atoms with Crippen LogP contribution >= 0.6 is 0 Å². The molecule has 1 saturated heterocycles. The summed E-state index contributed by atoms with van der Waals surface area (Å²) in [6, 6.07) is 10.7. The Morgan fingerprint density at radius 3 is 2.62 bits per heavy atom. The maximum atomic E-state index is 12.7. The summed E-state index contributed by atoms with van der Waals surface area (Å²) in [5.41, 5.74) is 0.597. The van der Waals surface area contributed by atoms with Crippen LogP contribution in [0.4, 0.5) is 14.6 Å². The molecule has 1 fully saturated rings. The second-order valence-corrected chi connectivity index (χ2v) is 6.41. The molecule has 1 aliphatic heterocycles. The van der Waals surface area contributed by atoms with Crippen LogP contribution in [0.15, 0.2) is 47.6 Å². The Kier molecular flexibility index (Phi) is 7.04. The summed E-state index contributed by atoms with van der Waals surface area (Å²) in [7, 11) is 3.18. The minimum atomic E-state index is -2.90. The van der Waals surface area contributed by atoms with E-state index in [2.05, 4.69) is 29.8 Å². The number of alkyl halides is 2. The molecule has 29 heavy (non-hydrogen) atoms. The van der Waals surface area contributed by atoms with Gasteiger partial charge in [0.2, 0.25) is 0 Å². The van der Waals surface area contributed by atoms with Crippen LogP contribution in [0, 0.1) is 0 Å². The summed E-state index contributed by atoms with van der Waals surface area (Å²) < 4.78 is 35.2. The van der Waals surface area contributed by atoms with E-state index in [4.69, 9.17) is 4.74 Å². The van der Waals surface area contributed by atoms with Crippen molar-refractivity contribution in [1.82, 2.24) is 15.2 Å². The molecule has 1 aromatic heterocycles. The summed E-state index contributed by atoms with van der Waals surface area (Å²) >= 11 is 0. The summed E-state index contributed by atoms with van der Waals surface area (Å²) in [6.45, 7) is 0.595. The highest BCUT2D eigenvalue weighted by atomic mass is 19.3. The van der Waals surface area contributed by atoms with Gasteiger partial charge < -0.3 is 24.6 Å². The fraction of sp³-hybridized carbons (Fsp3) is 0.400. The number of nitrogens with one attached hydrogen (secondary N) is 1. The Balaban J connectivity index is 1.60. The van der Waals surface area contributed by atoms with Gasteiger partial charge in [-0.3, -0.25) is 4.99 Å². The Morgan fingerprint density at radius 1 is 1.21 bits per heavy atom. The molecule has 156 valence electrons. The molecule has 0 amide bonds. The topological polar surface area (TPSA) is 62.2 Å². The Bertz CT molecular complexity index is 812. The molecule has 1 N–H and O–H groups in total. The van der Waals surface area contributed by atoms with Gasteiger partial charge in [0.05, 0.1) is 7.11 Å². The monoisotopic (exact) mass is 405 g/mol. The highest BCUT2D eigenvalue weighted by molar-refractivity contribution is 5.80. The van der Waals surface area contributed by atoms with Gasteiger partial charge in [0.15, 0.2) is 5.96 Å². The number of aromatic nitrogens is 1. The number of hydrogen-bond acceptors (Lipinski definition) is 5. The van der Waals surface area contributed by atoms with Crippen molar-refractivity contribution in [2.24, 2.45) is 4.99 Å². The van der Waals surface area contributed by atoms with Crippen molar-refractivity contribution in [3.05, 3.63) is 48.2 Å². The second-order valence-electron chi connectivity index (χ2n) is 6.41. The van der Waals surface area contributed by atoms with Crippen LogP contribution in [0.1, 0.15) is 5.56 Å². The average molecular weight is 405 g/mol. The smallest absolute Gasteiger partial charge is 0.387 e. The fourth-order valence-electron chi connectivity index (χ4n) is 3.21. The molecule has 1 aliphatic rings. The Morgan fingerprint density at radius 2 is 2.00 bits per heavy atom. The number of rotatable bonds is 6. The summed E-state index contributed by atoms with van der Waals surface area (Å²) in [6.07, 6.45) is 1.79. The van der Waals surface area contributed by atoms with Crippen LogP contribution in [0.2, 0.25) is 0 Å². The van der Waals surface area contributed by atoms with Crippen molar-refractivity contribution in [2.45, 2.75) is 13.2 Å².